The van der Waals surface area contributed by atoms with E-state index in [0.717, 1.165) is 43.3 Å². The van der Waals surface area contributed by atoms with Crippen LogP contribution in [0.15, 0.2) is 82.6 Å². The van der Waals surface area contributed by atoms with Gasteiger partial charge in [0.05, 0.1) is 28.1 Å². The number of nitrogens with zero attached hydrogens (tertiary/aromatic N) is 1. The zero-order valence-electron chi connectivity index (χ0n) is 25.3. The van der Waals surface area contributed by atoms with Crippen LogP contribution in [0.4, 0.5) is 24.5 Å². The van der Waals surface area contributed by atoms with E-state index in [1.54, 1.807) is 12.1 Å². The van der Waals surface area contributed by atoms with E-state index in [4.69, 9.17) is 4.74 Å². The Morgan fingerprint density at radius 3 is 2.38 bits per heavy atom. The molecule has 4 aliphatic rings. The summed E-state index contributed by atoms with van der Waals surface area (Å²) in [4.78, 5) is 57.3. The van der Waals surface area contributed by atoms with Crippen LogP contribution in [-0.2, 0) is 20.6 Å². The Morgan fingerprint density at radius 1 is 0.958 bits per heavy atom. The van der Waals surface area contributed by atoms with Crippen LogP contribution in [0.5, 0.6) is 5.75 Å². The first-order chi connectivity index (χ1) is 23.0. The number of nitrogens with one attached hydrogen (secondary N) is 2. The van der Waals surface area contributed by atoms with Gasteiger partial charge in [-0.05, 0) is 72.6 Å². The Labute approximate surface area is 280 Å². The van der Waals surface area contributed by atoms with Crippen LogP contribution >= 0.6 is 23.1 Å². The van der Waals surface area contributed by atoms with Crippen molar-refractivity contribution in [3.63, 3.8) is 0 Å². The number of hydrogen-bond donors (Lipinski definition) is 2. The molecule has 8 rings (SSSR count). The van der Waals surface area contributed by atoms with Crippen LogP contribution in [0.3, 0.4) is 0 Å². The van der Waals surface area contributed by atoms with E-state index >= 15 is 0 Å². The SMILES string of the molecule is Cc1ccccc1NC(=O)COc1ccc([C@H]2c3sc(=O)[nH]c3SC3C4CC(C5C(=O)N(c6ccccc6C(F)(F)F)C(=O)C45)C32)cc1. The summed E-state index contributed by atoms with van der Waals surface area (Å²) < 4.78 is 47.6. The second-order valence-corrected chi connectivity index (χ2v) is 14.9. The second kappa shape index (κ2) is 11.4. The van der Waals surface area contributed by atoms with Crippen LogP contribution in [0, 0.1) is 36.5 Å². The van der Waals surface area contributed by atoms with Crippen molar-refractivity contribution in [1.82, 2.24) is 4.98 Å². The Kier molecular flexibility index (Phi) is 7.33. The van der Waals surface area contributed by atoms with Gasteiger partial charge in [-0.15, -0.1) is 11.8 Å². The molecule has 2 aliphatic heterocycles. The summed E-state index contributed by atoms with van der Waals surface area (Å²) in [5.41, 5.74) is 1.08. The fourth-order valence-corrected chi connectivity index (χ4v) is 11.2. The molecule has 0 radical (unpaired) electrons. The molecule has 0 spiro atoms. The average molecular weight is 692 g/mol. The van der Waals surface area contributed by atoms with Crippen LogP contribution < -0.4 is 19.8 Å². The molecule has 6 unspecified atom stereocenters. The number of halogens is 3. The van der Waals surface area contributed by atoms with Crippen molar-refractivity contribution in [3.8, 4) is 5.75 Å². The van der Waals surface area contributed by atoms with Gasteiger partial charge in [0.25, 0.3) is 5.91 Å². The number of anilines is 2. The van der Waals surface area contributed by atoms with Gasteiger partial charge in [-0.1, -0.05) is 53.8 Å². The summed E-state index contributed by atoms with van der Waals surface area (Å²) in [6.45, 7) is 1.70. The Hall–Kier alpha value is -4.36. The first-order valence-corrected chi connectivity index (χ1v) is 17.2. The van der Waals surface area contributed by atoms with Crippen molar-refractivity contribution in [2.75, 3.05) is 16.8 Å². The summed E-state index contributed by atoms with van der Waals surface area (Å²) in [7, 11) is 0. The minimum Gasteiger partial charge on any atom is -0.484 e. The molecule has 8 nitrogen and oxygen atoms in total. The number of carbonyl (C=O) groups is 3. The molecule has 246 valence electrons. The van der Waals surface area contributed by atoms with Crippen molar-refractivity contribution in [2.45, 2.75) is 35.7 Å². The highest BCUT2D eigenvalue weighted by Gasteiger charge is 2.70. The van der Waals surface area contributed by atoms with Gasteiger partial charge in [-0.2, -0.15) is 13.2 Å². The zero-order chi connectivity index (χ0) is 33.5. The van der Waals surface area contributed by atoms with Crippen molar-refractivity contribution < 1.29 is 32.3 Å². The van der Waals surface area contributed by atoms with Crippen molar-refractivity contribution in [3.05, 3.63) is 104 Å². The molecule has 7 atom stereocenters. The molecule has 2 bridgehead atoms. The summed E-state index contributed by atoms with van der Waals surface area (Å²) in [6.07, 6.45) is -4.12. The second-order valence-electron chi connectivity index (χ2n) is 12.7. The number of hydrogen-bond acceptors (Lipinski definition) is 7. The predicted octanol–water partition coefficient (Wildman–Crippen LogP) is 6.46. The zero-order valence-corrected chi connectivity index (χ0v) is 27.0. The smallest absolute Gasteiger partial charge is 0.418 e. The van der Waals surface area contributed by atoms with Gasteiger partial charge in [0, 0.05) is 21.7 Å². The summed E-state index contributed by atoms with van der Waals surface area (Å²) >= 11 is 2.62. The summed E-state index contributed by atoms with van der Waals surface area (Å²) in [5, 5.41) is 3.45. The number of imide groups is 1. The molecule has 3 aromatic carbocycles. The highest BCUT2D eigenvalue weighted by Crippen LogP contribution is 2.68. The number of rotatable bonds is 6. The van der Waals surface area contributed by atoms with Gasteiger partial charge in [0.2, 0.25) is 11.8 Å². The van der Waals surface area contributed by atoms with Crippen LogP contribution in [0.1, 0.15) is 33.9 Å². The number of carbonyl (C=O) groups excluding carboxylic acids is 3. The lowest BCUT2D eigenvalue weighted by molar-refractivity contribution is -0.137. The molecule has 2 saturated carbocycles. The largest absolute Gasteiger partial charge is 0.484 e. The first kappa shape index (κ1) is 30.9. The summed E-state index contributed by atoms with van der Waals surface area (Å²) in [6, 6.07) is 19.5. The number of benzene rings is 3. The number of para-hydroxylation sites is 2. The van der Waals surface area contributed by atoms with Gasteiger partial charge >= 0.3 is 11.0 Å². The fourth-order valence-electron chi connectivity index (χ4n) is 8.36. The molecule has 3 amide bonds. The molecule has 1 saturated heterocycles. The number of amides is 3. The molecule has 4 aromatic rings. The monoisotopic (exact) mass is 691 g/mol. The standard InChI is InChI=1S/C35H28F3N3O5S2/c1-16-6-2-4-8-22(16)39-24(42)15-46-18-12-10-17(11-13-18)25-26-19-14-20(29(26)47-31-30(25)48-34(45)40-31)28-27(19)32(43)41(33(28)44)23-9-5-3-7-21(23)35(36,37)38/h2-13,19-20,25-29H,14-15H2,1H3,(H,39,42)(H,40,45)/t19?,20?,25-,26?,27?,28?,29?/m1/s1. The fraction of sp³-hybridized carbons (Fsp3) is 0.314. The van der Waals surface area contributed by atoms with E-state index in [1.165, 1.54) is 30.0 Å². The lowest BCUT2D eigenvalue weighted by atomic mass is 9.68. The molecule has 2 N–H and O–H groups in total. The van der Waals surface area contributed by atoms with E-state index in [1.807, 2.05) is 43.3 Å². The Morgan fingerprint density at radius 2 is 1.65 bits per heavy atom. The molecule has 3 fully saturated rings. The number of H-pyrrole nitrogens is 1. The maximum absolute atomic E-state index is 14.0. The predicted molar refractivity (Wildman–Crippen MR) is 174 cm³/mol. The number of alkyl halides is 3. The molecular formula is C35H28F3N3O5S2. The number of aromatic nitrogens is 1. The van der Waals surface area contributed by atoms with Crippen LogP contribution in [0.2, 0.25) is 0 Å². The molecule has 1 aromatic heterocycles. The van der Waals surface area contributed by atoms with E-state index in [2.05, 4.69) is 10.3 Å². The number of thiazole rings is 1. The minimum absolute atomic E-state index is 0.116. The molecule has 13 heteroatoms. The van der Waals surface area contributed by atoms with Gasteiger partial charge in [-0.3, -0.25) is 19.2 Å². The number of aromatic amines is 1. The highest BCUT2D eigenvalue weighted by atomic mass is 32.2. The molecule has 2 aliphatic carbocycles. The minimum atomic E-state index is -4.73. The van der Waals surface area contributed by atoms with Gasteiger partial charge < -0.3 is 15.0 Å². The van der Waals surface area contributed by atoms with E-state index in [0.29, 0.717) is 17.9 Å². The maximum Gasteiger partial charge on any atom is 0.418 e. The first-order valence-electron chi connectivity index (χ1n) is 15.5. The number of fused-ring (bicyclic) bond motifs is 9. The third-order valence-corrected chi connectivity index (χ3v) is 12.8. The quantitative estimate of drug-likeness (QED) is 0.225. The lowest BCUT2D eigenvalue weighted by Gasteiger charge is -2.43. The molecule has 3 heterocycles. The number of ether oxygens (including phenoxy) is 1. The third-order valence-electron chi connectivity index (χ3n) is 10.2. The highest BCUT2D eigenvalue weighted by molar-refractivity contribution is 8.00. The Bertz CT molecular complexity index is 2030. The Balaban J connectivity index is 1.07. The van der Waals surface area contributed by atoms with E-state index in [9.17, 15) is 32.3 Å². The normalized spacial score (nSPS) is 27.1. The number of thioether (sulfide) groups is 1. The molecule has 48 heavy (non-hydrogen) atoms. The van der Waals surface area contributed by atoms with Crippen molar-refractivity contribution >= 4 is 52.2 Å². The summed E-state index contributed by atoms with van der Waals surface area (Å²) in [5.74, 6) is -3.33. The van der Waals surface area contributed by atoms with Crippen LogP contribution in [-0.4, -0.2) is 34.6 Å². The molecular weight excluding hydrogens is 664 g/mol. The van der Waals surface area contributed by atoms with E-state index < -0.39 is 41.1 Å². The maximum atomic E-state index is 14.0. The average Bonchev–Trinajstić information content (AvgIpc) is 3.80. The van der Waals surface area contributed by atoms with Gasteiger partial charge in [-0.25, -0.2) is 4.90 Å². The van der Waals surface area contributed by atoms with Gasteiger partial charge in [0.15, 0.2) is 6.61 Å². The number of aryl methyl sites for hydroxylation is 1. The van der Waals surface area contributed by atoms with Crippen molar-refractivity contribution in [1.29, 1.82) is 0 Å². The van der Waals surface area contributed by atoms with Crippen molar-refractivity contribution in [2.24, 2.45) is 29.6 Å². The van der Waals surface area contributed by atoms with E-state index in [-0.39, 0.29) is 46.3 Å². The van der Waals surface area contributed by atoms with Crippen LogP contribution in [0.25, 0.3) is 0 Å². The topological polar surface area (TPSA) is 109 Å². The third kappa shape index (κ3) is 4.89. The van der Waals surface area contributed by atoms with Gasteiger partial charge in [0.1, 0.15) is 5.75 Å². The lowest BCUT2D eigenvalue weighted by Crippen LogP contribution is -2.42.